The zero-order chi connectivity index (χ0) is 15.8. The number of rotatable bonds is 3. The Hall–Kier alpha value is -0.890. The molecule has 3 N–H and O–H groups in total. The SMILES string of the molecule is CC1(C)CC(NS(=O)(=O)c2cc(N)cc(Cl)c2F)CCO1. The minimum atomic E-state index is -4.03. The van der Waals surface area contributed by atoms with Crippen LogP contribution in [-0.4, -0.2) is 26.7 Å². The molecule has 0 bridgehead atoms. The molecule has 1 unspecified atom stereocenters. The number of nitrogen functional groups attached to an aromatic ring is 1. The molecule has 0 amide bonds. The van der Waals surface area contributed by atoms with Gasteiger partial charge >= 0.3 is 0 Å². The summed E-state index contributed by atoms with van der Waals surface area (Å²) in [5.41, 5.74) is 5.21. The maximum atomic E-state index is 14.0. The van der Waals surface area contributed by atoms with Crippen LogP contribution in [-0.2, 0) is 14.8 Å². The molecule has 118 valence electrons. The number of anilines is 1. The van der Waals surface area contributed by atoms with Crippen molar-refractivity contribution >= 4 is 27.3 Å². The zero-order valence-corrected chi connectivity index (χ0v) is 13.4. The largest absolute Gasteiger partial charge is 0.399 e. The van der Waals surface area contributed by atoms with Gasteiger partial charge < -0.3 is 10.5 Å². The van der Waals surface area contributed by atoms with Gasteiger partial charge in [-0.2, -0.15) is 0 Å². The van der Waals surface area contributed by atoms with Gasteiger partial charge in [0, 0.05) is 18.3 Å². The second-order valence-electron chi connectivity index (χ2n) is 5.73. The van der Waals surface area contributed by atoms with Crippen molar-refractivity contribution in [1.29, 1.82) is 0 Å². The first-order valence-corrected chi connectivity index (χ1v) is 8.38. The number of nitrogens with one attached hydrogen (secondary N) is 1. The number of halogens is 2. The van der Waals surface area contributed by atoms with Crippen LogP contribution in [0.25, 0.3) is 0 Å². The van der Waals surface area contributed by atoms with Crippen molar-refractivity contribution in [2.45, 2.75) is 43.2 Å². The molecule has 1 aliphatic rings. The maximum absolute atomic E-state index is 14.0. The summed E-state index contributed by atoms with van der Waals surface area (Å²) in [5, 5.41) is -0.317. The summed E-state index contributed by atoms with van der Waals surface area (Å²) in [4.78, 5) is -0.531. The van der Waals surface area contributed by atoms with Crippen LogP contribution >= 0.6 is 11.6 Å². The van der Waals surface area contributed by atoms with Gasteiger partial charge in [-0.1, -0.05) is 11.6 Å². The standard InChI is InChI=1S/C13H18ClFN2O3S/c1-13(2)7-9(3-4-20-13)17-21(18,19)11-6-8(16)5-10(14)12(11)15/h5-6,9,17H,3-4,7,16H2,1-2H3. The van der Waals surface area contributed by atoms with Crippen LogP contribution in [0.3, 0.4) is 0 Å². The number of ether oxygens (including phenoxy) is 1. The summed E-state index contributed by atoms with van der Waals surface area (Å²) in [6, 6.07) is 1.92. The van der Waals surface area contributed by atoms with E-state index in [1.54, 1.807) is 0 Å². The molecular weight excluding hydrogens is 319 g/mol. The van der Waals surface area contributed by atoms with Crippen LogP contribution in [0, 0.1) is 5.82 Å². The van der Waals surface area contributed by atoms with E-state index in [2.05, 4.69) is 4.72 Å². The molecule has 21 heavy (non-hydrogen) atoms. The monoisotopic (exact) mass is 336 g/mol. The number of hydrogen-bond donors (Lipinski definition) is 2. The van der Waals surface area contributed by atoms with Crippen LogP contribution in [0.1, 0.15) is 26.7 Å². The molecule has 0 aliphatic carbocycles. The first-order valence-electron chi connectivity index (χ1n) is 6.51. The molecule has 1 heterocycles. The van der Waals surface area contributed by atoms with Crippen molar-refractivity contribution in [3.05, 3.63) is 23.0 Å². The first-order chi connectivity index (χ1) is 9.61. The second kappa shape index (κ2) is 5.72. The average molecular weight is 337 g/mol. The minimum absolute atomic E-state index is 0.0917. The molecule has 5 nitrogen and oxygen atoms in total. The fraction of sp³-hybridized carbons (Fsp3) is 0.538. The van der Waals surface area contributed by atoms with Gasteiger partial charge in [0.2, 0.25) is 10.0 Å². The van der Waals surface area contributed by atoms with E-state index in [-0.39, 0.29) is 16.8 Å². The summed E-state index contributed by atoms with van der Waals surface area (Å²) in [7, 11) is -4.03. The van der Waals surface area contributed by atoms with Gasteiger partial charge in [-0.25, -0.2) is 17.5 Å². The smallest absolute Gasteiger partial charge is 0.243 e. The Bertz CT molecular complexity index is 649. The highest BCUT2D eigenvalue weighted by molar-refractivity contribution is 7.89. The van der Waals surface area contributed by atoms with E-state index in [1.807, 2.05) is 13.8 Å². The highest BCUT2D eigenvalue weighted by Crippen LogP contribution is 2.28. The van der Waals surface area contributed by atoms with Gasteiger partial charge in [0.15, 0.2) is 5.82 Å². The Morgan fingerprint density at radius 3 is 2.76 bits per heavy atom. The van der Waals surface area contributed by atoms with Gasteiger partial charge in [0.25, 0.3) is 0 Å². The van der Waals surface area contributed by atoms with E-state index in [4.69, 9.17) is 22.1 Å². The quantitative estimate of drug-likeness (QED) is 0.830. The highest BCUT2D eigenvalue weighted by atomic mass is 35.5. The molecule has 0 saturated carbocycles. The Balaban J connectivity index is 2.27. The molecule has 1 aliphatic heterocycles. The van der Waals surface area contributed by atoms with Crippen LogP contribution in [0.4, 0.5) is 10.1 Å². The Labute approximate surface area is 128 Å². The predicted octanol–water partition coefficient (Wildman–Crippen LogP) is 2.30. The lowest BCUT2D eigenvalue weighted by Gasteiger charge is -2.35. The molecule has 0 aromatic heterocycles. The summed E-state index contributed by atoms with van der Waals surface area (Å²) in [6.07, 6.45) is 1.03. The minimum Gasteiger partial charge on any atom is -0.399 e. The van der Waals surface area contributed by atoms with Gasteiger partial charge in [-0.3, -0.25) is 0 Å². The molecule has 1 saturated heterocycles. The van der Waals surface area contributed by atoms with Crippen LogP contribution in [0.2, 0.25) is 5.02 Å². The van der Waals surface area contributed by atoms with Crippen molar-refractivity contribution in [2.75, 3.05) is 12.3 Å². The Morgan fingerprint density at radius 1 is 1.48 bits per heavy atom. The molecule has 1 aromatic rings. The van der Waals surface area contributed by atoms with Crippen LogP contribution < -0.4 is 10.5 Å². The zero-order valence-electron chi connectivity index (χ0n) is 11.8. The van der Waals surface area contributed by atoms with Crippen LogP contribution in [0.15, 0.2) is 17.0 Å². The number of benzene rings is 1. The summed E-state index contributed by atoms with van der Waals surface area (Å²) >= 11 is 5.65. The molecule has 1 fully saturated rings. The number of nitrogens with two attached hydrogens (primary N) is 1. The highest BCUT2D eigenvalue weighted by Gasteiger charge is 2.32. The number of hydrogen-bond acceptors (Lipinski definition) is 4. The maximum Gasteiger partial charge on any atom is 0.243 e. The molecule has 1 atom stereocenters. The Kier molecular flexibility index (Phi) is 4.49. The van der Waals surface area contributed by atoms with Gasteiger partial charge in [0.1, 0.15) is 4.90 Å². The molecule has 2 rings (SSSR count). The van der Waals surface area contributed by atoms with Crippen molar-refractivity contribution in [3.63, 3.8) is 0 Å². The van der Waals surface area contributed by atoms with Gasteiger partial charge in [-0.15, -0.1) is 0 Å². The van der Waals surface area contributed by atoms with Gasteiger partial charge in [-0.05, 0) is 38.8 Å². The third-order valence-corrected chi connectivity index (χ3v) is 5.12. The molecule has 8 heteroatoms. The fourth-order valence-corrected chi connectivity index (χ4v) is 4.08. The van der Waals surface area contributed by atoms with Crippen LogP contribution in [0.5, 0.6) is 0 Å². The molecule has 0 spiro atoms. The normalized spacial score (nSPS) is 22.2. The summed E-state index contributed by atoms with van der Waals surface area (Å²) < 4.78 is 46.6. The lowest BCUT2D eigenvalue weighted by atomic mass is 9.95. The summed E-state index contributed by atoms with van der Waals surface area (Å²) in [6.45, 7) is 4.21. The first kappa shape index (κ1) is 16.5. The van der Waals surface area contributed by atoms with Gasteiger partial charge in [0.05, 0.1) is 10.6 Å². The van der Waals surface area contributed by atoms with E-state index in [0.717, 1.165) is 6.07 Å². The second-order valence-corrected chi connectivity index (χ2v) is 7.82. The van der Waals surface area contributed by atoms with E-state index >= 15 is 0 Å². The third kappa shape index (κ3) is 3.85. The molecule has 1 aromatic carbocycles. The third-order valence-electron chi connectivity index (χ3n) is 3.33. The molecule has 0 radical (unpaired) electrons. The lowest BCUT2D eigenvalue weighted by molar-refractivity contribution is -0.0599. The summed E-state index contributed by atoms with van der Waals surface area (Å²) in [5.74, 6) is -0.996. The van der Waals surface area contributed by atoms with Crippen molar-refractivity contribution in [1.82, 2.24) is 4.72 Å². The van der Waals surface area contributed by atoms with Crippen molar-refractivity contribution < 1.29 is 17.5 Å². The van der Waals surface area contributed by atoms with E-state index in [0.29, 0.717) is 19.4 Å². The number of sulfonamides is 1. The van der Waals surface area contributed by atoms with E-state index in [1.165, 1.54) is 6.07 Å². The molecular formula is C13H18ClFN2O3S. The van der Waals surface area contributed by atoms with E-state index < -0.39 is 26.3 Å². The lowest BCUT2D eigenvalue weighted by Crippen LogP contribution is -2.45. The Morgan fingerprint density at radius 2 is 2.14 bits per heavy atom. The van der Waals surface area contributed by atoms with Crippen molar-refractivity contribution in [2.24, 2.45) is 0 Å². The topological polar surface area (TPSA) is 81.4 Å². The average Bonchev–Trinajstić information content (AvgIpc) is 2.31. The fourth-order valence-electron chi connectivity index (χ4n) is 2.39. The predicted molar refractivity (Wildman–Crippen MR) is 79.2 cm³/mol. The van der Waals surface area contributed by atoms with E-state index in [9.17, 15) is 12.8 Å². The van der Waals surface area contributed by atoms with Crippen molar-refractivity contribution in [3.8, 4) is 0 Å².